The Morgan fingerprint density at radius 2 is 1.78 bits per heavy atom. The summed E-state index contributed by atoms with van der Waals surface area (Å²) in [7, 11) is 0. The van der Waals surface area contributed by atoms with E-state index >= 15 is 0 Å². The summed E-state index contributed by atoms with van der Waals surface area (Å²) >= 11 is 0. The highest BCUT2D eigenvalue weighted by molar-refractivity contribution is 5.77. The predicted molar refractivity (Wildman–Crippen MR) is 108 cm³/mol. The summed E-state index contributed by atoms with van der Waals surface area (Å²) in [6.45, 7) is 2.30. The topological polar surface area (TPSA) is 56.1 Å². The van der Waals surface area contributed by atoms with E-state index in [1.54, 1.807) is 17.0 Å². The fraction of sp³-hybridized carbons (Fsp3) is 0.0909. The fourth-order valence-electron chi connectivity index (χ4n) is 2.94. The van der Waals surface area contributed by atoms with Crippen molar-refractivity contribution in [3.05, 3.63) is 95.0 Å². The van der Waals surface area contributed by atoms with Crippen LogP contribution >= 0.6 is 0 Å². The molecule has 0 atom stereocenters. The van der Waals surface area contributed by atoms with Gasteiger partial charge in [-0.15, -0.1) is 0 Å². The van der Waals surface area contributed by atoms with Gasteiger partial charge in [0.15, 0.2) is 6.73 Å². The zero-order chi connectivity index (χ0) is 18.6. The highest BCUT2D eigenvalue weighted by atomic mass is 16.5. The van der Waals surface area contributed by atoms with Crippen molar-refractivity contribution >= 4 is 16.6 Å². The molecule has 0 saturated carbocycles. The van der Waals surface area contributed by atoms with E-state index in [-0.39, 0.29) is 5.56 Å². The van der Waals surface area contributed by atoms with Crippen LogP contribution in [0.25, 0.3) is 16.6 Å². The van der Waals surface area contributed by atoms with Crippen molar-refractivity contribution < 1.29 is 4.74 Å². The SMILES string of the molecule is Cc1ccc(NCOc2ccccc2)cc1-n1cnc2ccccc2c1=O. The third-order valence-electron chi connectivity index (χ3n) is 4.39. The molecular formula is C22H19N3O2. The van der Waals surface area contributed by atoms with Gasteiger partial charge >= 0.3 is 0 Å². The number of para-hydroxylation sites is 2. The molecule has 1 N–H and O–H groups in total. The van der Waals surface area contributed by atoms with Crippen molar-refractivity contribution in [2.45, 2.75) is 6.92 Å². The zero-order valence-electron chi connectivity index (χ0n) is 14.9. The van der Waals surface area contributed by atoms with Gasteiger partial charge in [0, 0.05) is 5.69 Å². The number of ether oxygens (including phenoxy) is 1. The molecule has 1 heterocycles. The van der Waals surface area contributed by atoms with E-state index in [9.17, 15) is 4.79 Å². The molecule has 0 aliphatic heterocycles. The molecule has 27 heavy (non-hydrogen) atoms. The van der Waals surface area contributed by atoms with Crippen molar-refractivity contribution in [1.29, 1.82) is 0 Å². The van der Waals surface area contributed by atoms with Crippen LogP contribution < -0.4 is 15.6 Å². The number of fused-ring (bicyclic) bond motifs is 1. The molecule has 134 valence electrons. The number of anilines is 1. The summed E-state index contributed by atoms with van der Waals surface area (Å²) < 4.78 is 7.26. The molecule has 5 nitrogen and oxygen atoms in total. The summed E-state index contributed by atoms with van der Waals surface area (Å²) in [5.41, 5.74) is 3.27. The lowest BCUT2D eigenvalue weighted by molar-refractivity contribution is 0.347. The van der Waals surface area contributed by atoms with Crippen LogP contribution in [0.5, 0.6) is 5.75 Å². The first-order valence-corrected chi connectivity index (χ1v) is 8.71. The van der Waals surface area contributed by atoms with E-state index in [4.69, 9.17) is 4.74 Å². The first kappa shape index (κ1) is 16.8. The molecule has 4 aromatic rings. The minimum Gasteiger partial charge on any atom is -0.473 e. The minimum absolute atomic E-state index is 0.0821. The van der Waals surface area contributed by atoms with Gasteiger partial charge in [0.1, 0.15) is 12.1 Å². The van der Waals surface area contributed by atoms with Gasteiger partial charge < -0.3 is 10.1 Å². The number of nitrogens with one attached hydrogen (secondary N) is 1. The number of aryl methyl sites for hydroxylation is 1. The van der Waals surface area contributed by atoms with Crippen molar-refractivity contribution in [3.63, 3.8) is 0 Å². The fourth-order valence-corrected chi connectivity index (χ4v) is 2.94. The van der Waals surface area contributed by atoms with E-state index in [0.29, 0.717) is 17.6 Å². The predicted octanol–water partition coefficient (Wildman–Crippen LogP) is 4.14. The lowest BCUT2D eigenvalue weighted by Crippen LogP contribution is -2.20. The third-order valence-corrected chi connectivity index (χ3v) is 4.39. The number of nitrogens with zero attached hydrogens (tertiary/aromatic N) is 2. The normalized spacial score (nSPS) is 10.7. The Bertz CT molecular complexity index is 1140. The molecule has 5 heteroatoms. The molecule has 0 bridgehead atoms. The number of aromatic nitrogens is 2. The summed E-state index contributed by atoms with van der Waals surface area (Å²) in [6.07, 6.45) is 1.58. The number of hydrogen-bond acceptors (Lipinski definition) is 4. The standard InChI is InChI=1S/C22H19N3O2/c1-16-11-12-17(24-15-27-18-7-3-2-4-8-18)13-21(16)25-14-23-20-10-6-5-9-19(20)22(25)26/h2-14,24H,15H2,1H3. The van der Waals surface area contributed by atoms with Crippen molar-refractivity contribution in [2.75, 3.05) is 12.0 Å². The minimum atomic E-state index is -0.0821. The van der Waals surface area contributed by atoms with E-state index in [2.05, 4.69) is 10.3 Å². The Balaban J connectivity index is 1.61. The monoisotopic (exact) mass is 357 g/mol. The maximum absolute atomic E-state index is 12.9. The van der Waals surface area contributed by atoms with Crippen LogP contribution in [0.1, 0.15) is 5.56 Å². The van der Waals surface area contributed by atoms with Gasteiger partial charge in [-0.2, -0.15) is 0 Å². The van der Waals surface area contributed by atoms with Gasteiger partial charge in [0.25, 0.3) is 5.56 Å². The lowest BCUT2D eigenvalue weighted by atomic mass is 10.1. The van der Waals surface area contributed by atoms with Crippen molar-refractivity contribution in [3.8, 4) is 11.4 Å². The van der Waals surface area contributed by atoms with Gasteiger partial charge in [-0.1, -0.05) is 36.4 Å². The van der Waals surface area contributed by atoms with E-state index in [1.165, 1.54) is 0 Å². The Morgan fingerprint density at radius 1 is 1.00 bits per heavy atom. The van der Waals surface area contributed by atoms with Crippen LogP contribution in [0.15, 0.2) is 83.9 Å². The molecule has 0 fully saturated rings. The molecule has 1 aromatic heterocycles. The summed E-state index contributed by atoms with van der Waals surface area (Å²) in [6, 6.07) is 22.8. The number of rotatable bonds is 5. The average molecular weight is 357 g/mol. The molecule has 0 spiro atoms. The Hall–Kier alpha value is -3.60. The van der Waals surface area contributed by atoms with E-state index in [1.807, 2.05) is 73.7 Å². The zero-order valence-corrected chi connectivity index (χ0v) is 14.9. The molecule has 0 amide bonds. The summed E-state index contributed by atoms with van der Waals surface area (Å²) in [5, 5.41) is 3.83. The average Bonchev–Trinajstić information content (AvgIpc) is 2.71. The maximum atomic E-state index is 12.9. The molecule has 0 aliphatic rings. The van der Waals surface area contributed by atoms with Crippen LogP contribution in [0.3, 0.4) is 0 Å². The summed E-state index contributed by atoms with van der Waals surface area (Å²) in [5.74, 6) is 0.798. The highest BCUT2D eigenvalue weighted by Gasteiger charge is 2.08. The Labute approximate surface area is 156 Å². The van der Waals surface area contributed by atoms with Gasteiger partial charge in [-0.25, -0.2) is 4.98 Å². The van der Waals surface area contributed by atoms with Crippen LogP contribution in [0.4, 0.5) is 5.69 Å². The second kappa shape index (κ2) is 7.33. The largest absolute Gasteiger partial charge is 0.473 e. The molecular weight excluding hydrogens is 338 g/mol. The van der Waals surface area contributed by atoms with Crippen LogP contribution in [-0.4, -0.2) is 16.3 Å². The first-order chi connectivity index (χ1) is 13.2. The smallest absolute Gasteiger partial charge is 0.265 e. The molecule has 0 unspecified atom stereocenters. The van der Waals surface area contributed by atoms with Gasteiger partial charge in [-0.3, -0.25) is 9.36 Å². The van der Waals surface area contributed by atoms with Crippen LogP contribution in [0, 0.1) is 6.92 Å². The molecule has 0 aliphatic carbocycles. The van der Waals surface area contributed by atoms with Gasteiger partial charge in [-0.05, 0) is 48.9 Å². The maximum Gasteiger partial charge on any atom is 0.265 e. The molecule has 4 rings (SSSR count). The Kier molecular flexibility index (Phi) is 4.58. The molecule has 3 aromatic carbocycles. The third kappa shape index (κ3) is 3.53. The number of hydrogen-bond donors (Lipinski definition) is 1. The van der Waals surface area contributed by atoms with Gasteiger partial charge in [0.2, 0.25) is 0 Å². The second-order valence-corrected chi connectivity index (χ2v) is 6.22. The molecule has 0 radical (unpaired) electrons. The quantitative estimate of drug-likeness (QED) is 0.545. The van der Waals surface area contributed by atoms with Crippen LogP contribution in [-0.2, 0) is 0 Å². The second-order valence-electron chi connectivity index (χ2n) is 6.22. The number of benzene rings is 3. The van der Waals surface area contributed by atoms with Crippen molar-refractivity contribution in [1.82, 2.24) is 9.55 Å². The highest BCUT2D eigenvalue weighted by Crippen LogP contribution is 2.19. The van der Waals surface area contributed by atoms with Crippen molar-refractivity contribution in [2.24, 2.45) is 0 Å². The summed E-state index contributed by atoms with van der Waals surface area (Å²) in [4.78, 5) is 17.3. The first-order valence-electron chi connectivity index (χ1n) is 8.71. The Morgan fingerprint density at radius 3 is 2.63 bits per heavy atom. The van der Waals surface area contributed by atoms with Crippen LogP contribution in [0.2, 0.25) is 0 Å². The van der Waals surface area contributed by atoms with E-state index in [0.717, 1.165) is 22.7 Å². The van der Waals surface area contributed by atoms with Gasteiger partial charge in [0.05, 0.1) is 16.6 Å². The lowest BCUT2D eigenvalue weighted by Gasteiger charge is -2.13. The van der Waals surface area contributed by atoms with E-state index < -0.39 is 0 Å². The molecule has 0 saturated heterocycles.